The third-order valence-corrected chi connectivity index (χ3v) is 9.12. The molecule has 1 aliphatic rings. The molecule has 4 heterocycles. The monoisotopic (exact) mass is 583 g/mol. The molecule has 0 radical (unpaired) electrons. The first-order valence-electron chi connectivity index (χ1n) is 12.8. The van der Waals surface area contributed by atoms with E-state index in [0.29, 0.717) is 32.7 Å². The highest BCUT2D eigenvalue weighted by atomic mass is 32.2. The molecule has 1 aliphatic heterocycles. The number of aliphatic hydroxyl groups excluding tert-OH is 1. The van der Waals surface area contributed by atoms with Gasteiger partial charge in [0.05, 0.1) is 24.4 Å². The number of thioether (sulfide) groups is 1. The Morgan fingerprint density at radius 1 is 1.02 bits per heavy atom. The van der Waals surface area contributed by atoms with Gasteiger partial charge >= 0.3 is 5.91 Å². The Morgan fingerprint density at radius 3 is 2.49 bits per heavy atom. The largest absolute Gasteiger partial charge is 0.505 e. The maximum absolute atomic E-state index is 13.6. The molecule has 0 saturated carbocycles. The van der Waals surface area contributed by atoms with Gasteiger partial charge in [0, 0.05) is 11.9 Å². The van der Waals surface area contributed by atoms with Crippen molar-refractivity contribution in [2.24, 2.45) is 0 Å². The fourth-order valence-corrected chi connectivity index (χ4v) is 6.71. The van der Waals surface area contributed by atoms with Gasteiger partial charge in [-0.1, -0.05) is 71.6 Å². The minimum Gasteiger partial charge on any atom is -0.505 e. The van der Waals surface area contributed by atoms with Crippen LogP contribution in [0.4, 0.5) is 5.13 Å². The van der Waals surface area contributed by atoms with Gasteiger partial charge < -0.3 is 14.2 Å². The fourth-order valence-electron chi connectivity index (χ4n) is 4.88. The van der Waals surface area contributed by atoms with Crippen molar-refractivity contribution >= 4 is 51.3 Å². The van der Waals surface area contributed by atoms with Gasteiger partial charge in [-0.15, -0.1) is 10.2 Å². The van der Waals surface area contributed by atoms with Crippen molar-refractivity contribution in [3.05, 3.63) is 107 Å². The number of ketones is 1. The number of carbonyl (C=O) groups is 2. The van der Waals surface area contributed by atoms with Crippen LogP contribution in [0, 0.1) is 13.8 Å². The molecule has 1 saturated heterocycles. The summed E-state index contributed by atoms with van der Waals surface area (Å²) in [6, 6.07) is 19.9. The number of aryl methyl sites for hydroxylation is 2. The van der Waals surface area contributed by atoms with E-state index in [1.807, 2.05) is 66.9 Å². The number of nitrogens with zero attached hydrogens (tertiary/aromatic N) is 5. The van der Waals surface area contributed by atoms with Gasteiger partial charge in [0.2, 0.25) is 5.13 Å². The second kappa shape index (κ2) is 10.8. The van der Waals surface area contributed by atoms with E-state index in [4.69, 9.17) is 4.74 Å². The number of amides is 1. The second-order valence-electron chi connectivity index (χ2n) is 9.50. The smallest absolute Gasteiger partial charge is 0.301 e. The fraction of sp³-hybridized carbons (Fsp3) is 0.167. The number of aromatic nitrogens is 4. The normalized spacial score (nSPS) is 16.6. The number of hydrogen-bond acceptors (Lipinski definition) is 9. The second-order valence-corrected chi connectivity index (χ2v) is 11.7. The molecule has 5 aromatic rings. The number of fused-ring (bicyclic) bond motifs is 1. The van der Waals surface area contributed by atoms with Crippen LogP contribution in [0.1, 0.15) is 34.1 Å². The van der Waals surface area contributed by atoms with Gasteiger partial charge in [-0.05, 0) is 48.7 Å². The Balaban J connectivity index is 1.45. The molecule has 1 fully saturated rings. The molecule has 1 N–H and O–H groups in total. The Bertz CT molecular complexity index is 1810. The molecular weight excluding hydrogens is 558 g/mol. The predicted octanol–water partition coefficient (Wildman–Crippen LogP) is 5.73. The van der Waals surface area contributed by atoms with E-state index in [2.05, 4.69) is 15.2 Å². The summed E-state index contributed by atoms with van der Waals surface area (Å²) in [5.41, 5.74) is 4.15. The number of methoxy groups -OCH3 is 1. The van der Waals surface area contributed by atoms with E-state index >= 15 is 0 Å². The average Bonchev–Trinajstić information content (AvgIpc) is 3.67. The molecule has 1 atom stereocenters. The number of ether oxygens (including phenoxy) is 1. The van der Waals surface area contributed by atoms with Crippen LogP contribution in [0.15, 0.2) is 82.8 Å². The first-order valence-corrected chi connectivity index (χ1v) is 14.6. The van der Waals surface area contributed by atoms with Crippen molar-refractivity contribution in [3.63, 3.8) is 0 Å². The number of benzene rings is 2. The highest BCUT2D eigenvalue weighted by Crippen LogP contribution is 2.44. The van der Waals surface area contributed by atoms with Gasteiger partial charge in [0.1, 0.15) is 17.1 Å². The van der Waals surface area contributed by atoms with Gasteiger partial charge in [-0.25, -0.2) is 4.98 Å². The summed E-state index contributed by atoms with van der Waals surface area (Å²) in [6.45, 7) is 3.73. The summed E-state index contributed by atoms with van der Waals surface area (Å²) in [5.74, 6) is -0.641. The summed E-state index contributed by atoms with van der Waals surface area (Å²) in [7, 11) is 1.56. The first kappa shape index (κ1) is 26.7. The van der Waals surface area contributed by atoms with Crippen LogP contribution in [0.3, 0.4) is 0 Å². The standard InChI is InChI=1S/C30H25N5O4S2/c1-17-8-7-15-34-18(2)23(31-27(17)34)25(36)22-24(20-11-13-21(39-3)14-12-20)35(28(38)26(22)37)29-32-33-30(41-29)40-16-19-9-5-4-6-10-19/h4-15,24,36H,16H2,1-3H3/b25-22+. The molecule has 2 aromatic carbocycles. The van der Waals surface area contributed by atoms with Crippen LogP contribution in [0.25, 0.3) is 11.4 Å². The molecule has 0 bridgehead atoms. The van der Waals surface area contributed by atoms with Crippen LogP contribution in [0.2, 0.25) is 0 Å². The summed E-state index contributed by atoms with van der Waals surface area (Å²) in [5, 5.41) is 20.5. The lowest BCUT2D eigenvalue weighted by Gasteiger charge is -2.22. The van der Waals surface area contributed by atoms with E-state index in [1.165, 1.54) is 28.0 Å². The summed E-state index contributed by atoms with van der Waals surface area (Å²) in [4.78, 5) is 33.1. The van der Waals surface area contributed by atoms with Crippen LogP contribution >= 0.6 is 23.1 Å². The van der Waals surface area contributed by atoms with E-state index in [-0.39, 0.29) is 22.2 Å². The van der Waals surface area contributed by atoms with Crippen LogP contribution in [-0.4, -0.2) is 43.5 Å². The number of anilines is 1. The number of hydrogen-bond donors (Lipinski definition) is 1. The molecule has 206 valence electrons. The molecule has 11 heteroatoms. The number of aliphatic hydroxyl groups is 1. The lowest BCUT2D eigenvalue weighted by Crippen LogP contribution is -2.29. The first-order chi connectivity index (χ1) is 19.9. The number of rotatable bonds is 7. The van der Waals surface area contributed by atoms with Crippen molar-refractivity contribution in [3.8, 4) is 5.75 Å². The highest BCUT2D eigenvalue weighted by Gasteiger charge is 2.48. The number of Topliss-reactive ketones (excluding diaryl/α,β-unsaturated/α-hetero) is 1. The molecule has 6 rings (SSSR count). The van der Waals surface area contributed by atoms with Crippen LogP contribution in [0.5, 0.6) is 5.75 Å². The zero-order valence-corrected chi connectivity index (χ0v) is 24.1. The number of pyridine rings is 1. The Kier molecular flexibility index (Phi) is 7.06. The van der Waals surface area contributed by atoms with Crippen molar-refractivity contribution in [1.82, 2.24) is 19.6 Å². The van der Waals surface area contributed by atoms with E-state index in [1.54, 1.807) is 31.4 Å². The van der Waals surface area contributed by atoms with E-state index in [0.717, 1.165) is 11.1 Å². The minimum atomic E-state index is -0.939. The van der Waals surface area contributed by atoms with Crippen molar-refractivity contribution < 1.29 is 19.4 Å². The maximum Gasteiger partial charge on any atom is 0.301 e. The lowest BCUT2D eigenvalue weighted by molar-refractivity contribution is -0.132. The molecule has 0 spiro atoms. The number of carbonyl (C=O) groups excluding carboxylic acids is 2. The third kappa shape index (κ3) is 4.76. The predicted molar refractivity (Wildman–Crippen MR) is 158 cm³/mol. The maximum atomic E-state index is 13.6. The number of imidazole rings is 1. The Hall–Kier alpha value is -4.48. The van der Waals surface area contributed by atoms with Crippen LogP contribution < -0.4 is 9.64 Å². The zero-order chi connectivity index (χ0) is 28.7. The quantitative estimate of drug-likeness (QED) is 0.0851. The average molecular weight is 584 g/mol. The van der Waals surface area contributed by atoms with Crippen LogP contribution in [-0.2, 0) is 15.3 Å². The van der Waals surface area contributed by atoms with Crippen molar-refractivity contribution in [2.75, 3.05) is 12.0 Å². The lowest BCUT2D eigenvalue weighted by atomic mass is 9.96. The van der Waals surface area contributed by atoms with Crippen molar-refractivity contribution in [2.45, 2.75) is 30.0 Å². The third-order valence-electron chi connectivity index (χ3n) is 6.99. The van der Waals surface area contributed by atoms with Gasteiger partial charge in [-0.3, -0.25) is 14.5 Å². The zero-order valence-electron chi connectivity index (χ0n) is 22.4. The summed E-state index contributed by atoms with van der Waals surface area (Å²) in [6.07, 6.45) is 1.84. The molecule has 1 unspecified atom stereocenters. The molecule has 1 amide bonds. The molecular formula is C30H25N5O4S2. The van der Waals surface area contributed by atoms with Gasteiger partial charge in [0.15, 0.2) is 10.1 Å². The molecule has 3 aromatic heterocycles. The topological polar surface area (TPSA) is 110 Å². The molecule has 9 nitrogen and oxygen atoms in total. The summed E-state index contributed by atoms with van der Waals surface area (Å²) >= 11 is 2.72. The van der Waals surface area contributed by atoms with E-state index < -0.39 is 17.7 Å². The Labute approximate surface area is 244 Å². The minimum absolute atomic E-state index is 0.0574. The highest BCUT2D eigenvalue weighted by molar-refractivity contribution is 8.00. The van der Waals surface area contributed by atoms with Crippen molar-refractivity contribution in [1.29, 1.82) is 0 Å². The Morgan fingerprint density at radius 2 is 1.78 bits per heavy atom. The van der Waals surface area contributed by atoms with Gasteiger partial charge in [0.25, 0.3) is 5.78 Å². The molecule has 41 heavy (non-hydrogen) atoms. The SMILES string of the molecule is COc1ccc(C2/C(=C(\O)c3nc4c(C)cccn4c3C)C(=O)C(=O)N2c2nnc(SCc3ccccc3)s2)cc1. The summed E-state index contributed by atoms with van der Waals surface area (Å²) < 4.78 is 7.82. The molecule has 0 aliphatic carbocycles. The van der Waals surface area contributed by atoms with E-state index in [9.17, 15) is 14.7 Å². The van der Waals surface area contributed by atoms with Gasteiger partial charge in [-0.2, -0.15) is 0 Å².